The fourth-order valence-electron chi connectivity index (χ4n) is 1.55. The van der Waals surface area contributed by atoms with Gasteiger partial charge in [0.25, 0.3) is 11.2 Å². The SMILES string of the molecule is Cn1c(=O)cc(O)c2cc([N+](=O)[O-])ccc21. The number of aromatic hydroxyl groups is 1. The molecule has 0 unspecified atom stereocenters. The fraction of sp³-hybridized carbons (Fsp3) is 0.100. The molecule has 1 aromatic heterocycles. The Morgan fingerprint density at radius 1 is 1.38 bits per heavy atom. The second-order valence-electron chi connectivity index (χ2n) is 3.39. The average molecular weight is 220 g/mol. The van der Waals surface area contributed by atoms with Gasteiger partial charge in [-0.1, -0.05) is 0 Å². The minimum Gasteiger partial charge on any atom is -0.507 e. The first-order valence-corrected chi connectivity index (χ1v) is 4.48. The molecular formula is C10H8N2O4. The highest BCUT2D eigenvalue weighted by molar-refractivity contribution is 5.87. The zero-order valence-corrected chi connectivity index (χ0v) is 8.38. The van der Waals surface area contributed by atoms with Crippen molar-refractivity contribution in [3.63, 3.8) is 0 Å². The number of nitrogens with zero attached hydrogens (tertiary/aromatic N) is 2. The molecule has 0 aliphatic rings. The highest BCUT2D eigenvalue weighted by Gasteiger charge is 2.11. The van der Waals surface area contributed by atoms with Crippen molar-refractivity contribution in [2.45, 2.75) is 0 Å². The first-order valence-electron chi connectivity index (χ1n) is 4.48. The first-order chi connectivity index (χ1) is 7.50. The summed E-state index contributed by atoms with van der Waals surface area (Å²) in [4.78, 5) is 21.4. The molecule has 6 heteroatoms. The summed E-state index contributed by atoms with van der Waals surface area (Å²) in [6.45, 7) is 0. The number of benzene rings is 1. The van der Waals surface area contributed by atoms with Crippen LogP contribution in [0.25, 0.3) is 10.9 Å². The summed E-state index contributed by atoms with van der Waals surface area (Å²) in [6.07, 6.45) is 0. The summed E-state index contributed by atoms with van der Waals surface area (Å²) in [6, 6.07) is 5.01. The molecule has 0 amide bonds. The highest BCUT2D eigenvalue weighted by Crippen LogP contribution is 2.26. The van der Waals surface area contributed by atoms with E-state index in [0.29, 0.717) is 5.52 Å². The number of hydrogen-bond acceptors (Lipinski definition) is 4. The normalized spacial score (nSPS) is 10.6. The minimum absolute atomic E-state index is 0.124. The van der Waals surface area contributed by atoms with Crippen LogP contribution in [0.5, 0.6) is 5.75 Å². The molecule has 16 heavy (non-hydrogen) atoms. The van der Waals surface area contributed by atoms with Gasteiger partial charge in [-0.3, -0.25) is 14.9 Å². The van der Waals surface area contributed by atoms with Crippen molar-refractivity contribution in [2.24, 2.45) is 7.05 Å². The van der Waals surface area contributed by atoms with E-state index in [-0.39, 0.29) is 22.4 Å². The van der Waals surface area contributed by atoms with Crippen molar-refractivity contribution in [3.05, 3.63) is 44.7 Å². The number of aryl methyl sites for hydroxylation is 1. The summed E-state index contributed by atoms with van der Waals surface area (Å²) in [7, 11) is 1.54. The van der Waals surface area contributed by atoms with Gasteiger partial charge in [-0.25, -0.2) is 0 Å². The number of pyridine rings is 1. The topological polar surface area (TPSA) is 85.4 Å². The highest BCUT2D eigenvalue weighted by atomic mass is 16.6. The van der Waals surface area contributed by atoms with Crippen molar-refractivity contribution in [1.82, 2.24) is 4.57 Å². The van der Waals surface area contributed by atoms with Crippen LogP contribution in [-0.2, 0) is 7.05 Å². The lowest BCUT2D eigenvalue weighted by molar-refractivity contribution is -0.384. The molecule has 82 valence electrons. The molecule has 0 aliphatic carbocycles. The Labute approximate surface area is 89.5 Å². The van der Waals surface area contributed by atoms with Gasteiger partial charge in [0.2, 0.25) is 0 Å². The third-order valence-corrected chi connectivity index (χ3v) is 2.42. The van der Waals surface area contributed by atoms with Gasteiger partial charge in [0.05, 0.1) is 10.4 Å². The predicted octanol–water partition coefficient (Wildman–Crippen LogP) is 1.15. The van der Waals surface area contributed by atoms with Crippen molar-refractivity contribution in [2.75, 3.05) is 0 Å². The van der Waals surface area contributed by atoms with Gasteiger partial charge in [-0.05, 0) is 6.07 Å². The fourth-order valence-corrected chi connectivity index (χ4v) is 1.55. The molecule has 1 heterocycles. The number of rotatable bonds is 1. The number of fused-ring (bicyclic) bond motifs is 1. The predicted molar refractivity (Wildman–Crippen MR) is 57.5 cm³/mol. The Bertz CT molecular complexity index is 645. The van der Waals surface area contributed by atoms with E-state index in [2.05, 4.69) is 0 Å². The molecule has 0 saturated heterocycles. The van der Waals surface area contributed by atoms with E-state index in [9.17, 15) is 20.0 Å². The van der Waals surface area contributed by atoms with Crippen LogP contribution >= 0.6 is 0 Å². The van der Waals surface area contributed by atoms with Crippen molar-refractivity contribution >= 4 is 16.6 Å². The molecule has 1 N–H and O–H groups in total. The van der Waals surface area contributed by atoms with Gasteiger partial charge in [0.15, 0.2) is 0 Å². The molecule has 0 atom stereocenters. The van der Waals surface area contributed by atoms with E-state index in [4.69, 9.17) is 0 Å². The summed E-state index contributed by atoms with van der Waals surface area (Å²) < 4.78 is 1.32. The van der Waals surface area contributed by atoms with Gasteiger partial charge in [-0.2, -0.15) is 0 Å². The molecule has 0 saturated carbocycles. The van der Waals surface area contributed by atoms with Gasteiger partial charge in [-0.15, -0.1) is 0 Å². The standard InChI is InChI=1S/C10H8N2O4/c1-11-8-3-2-6(12(15)16)4-7(8)9(13)5-10(11)14/h2-5,13H,1H3. The lowest BCUT2D eigenvalue weighted by atomic mass is 10.2. The van der Waals surface area contributed by atoms with Crippen LogP contribution in [0.15, 0.2) is 29.1 Å². The summed E-state index contributed by atoms with van der Waals surface area (Å²) in [5, 5.41) is 20.4. The first kappa shape index (κ1) is 10.2. The van der Waals surface area contributed by atoms with E-state index >= 15 is 0 Å². The van der Waals surface area contributed by atoms with Gasteiger partial charge in [0, 0.05) is 30.6 Å². The van der Waals surface area contributed by atoms with Crippen LogP contribution in [0.4, 0.5) is 5.69 Å². The monoisotopic (exact) mass is 220 g/mol. The quantitative estimate of drug-likeness (QED) is 0.577. The van der Waals surface area contributed by atoms with E-state index in [1.165, 1.54) is 29.8 Å². The van der Waals surface area contributed by atoms with Crippen LogP contribution in [0.2, 0.25) is 0 Å². The molecule has 0 bridgehead atoms. The van der Waals surface area contributed by atoms with Crippen LogP contribution in [0.3, 0.4) is 0 Å². The van der Waals surface area contributed by atoms with Gasteiger partial charge >= 0.3 is 0 Å². The van der Waals surface area contributed by atoms with Crippen LogP contribution in [0, 0.1) is 10.1 Å². The third-order valence-electron chi connectivity index (χ3n) is 2.42. The van der Waals surface area contributed by atoms with Gasteiger partial charge in [0.1, 0.15) is 5.75 Å². The Kier molecular flexibility index (Phi) is 2.12. The molecule has 0 fully saturated rings. The molecular weight excluding hydrogens is 212 g/mol. The third kappa shape index (κ3) is 1.40. The molecule has 6 nitrogen and oxygen atoms in total. The summed E-state index contributed by atoms with van der Waals surface area (Å²) in [5.41, 5.74) is -0.0316. The maximum absolute atomic E-state index is 11.3. The lowest BCUT2D eigenvalue weighted by Gasteiger charge is -2.05. The Hall–Kier alpha value is -2.37. The molecule has 0 aliphatic heterocycles. The van der Waals surface area contributed by atoms with Gasteiger partial charge < -0.3 is 9.67 Å². The largest absolute Gasteiger partial charge is 0.507 e. The zero-order valence-electron chi connectivity index (χ0n) is 8.38. The van der Waals surface area contributed by atoms with E-state index in [0.717, 1.165) is 6.07 Å². The summed E-state index contributed by atoms with van der Waals surface area (Å²) in [5.74, 6) is -0.248. The number of aromatic nitrogens is 1. The molecule has 0 radical (unpaired) electrons. The molecule has 2 rings (SSSR count). The van der Waals surface area contributed by atoms with Crippen molar-refractivity contribution in [3.8, 4) is 5.75 Å². The molecule has 2 aromatic rings. The molecule has 0 spiro atoms. The Morgan fingerprint density at radius 3 is 2.69 bits per heavy atom. The smallest absolute Gasteiger partial charge is 0.270 e. The minimum atomic E-state index is -0.552. The zero-order chi connectivity index (χ0) is 11.9. The second-order valence-corrected chi connectivity index (χ2v) is 3.39. The Balaban J connectivity index is 2.90. The summed E-state index contributed by atoms with van der Waals surface area (Å²) >= 11 is 0. The number of nitro groups is 1. The van der Waals surface area contributed by atoms with E-state index < -0.39 is 4.92 Å². The maximum atomic E-state index is 11.3. The van der Waals surface area contributed by atoms with Crippen LogP contribution in [-0.4, -0.2) is 14.6 Å². The number of hydrogen-bond donors (Lipinski definition) is 1. The maximum Gasteiger partial charge on any atom is 0.270 e. The van der Waals surface area contributed by atoms with Crippen LogP contribution in [0.1, 0.15) is 0 Å². The lowest BCUT2D eigenvalue weighted by Crippen LogP contribution is -2.15. The number of nitro benzene ring substituents is 1. The van der Waals surface area contributed by atoms with E-state index in [1.54, 1.807) is 0 Å². The second kappa shape index (κ2) is 3.34. The average Bonchev–Trinajstić information content (AvgIpc) is 2.25. The van der Waals surface area contributed by atoms with Crippen molar-refractivity contribution in [1.29, 1.82) is 0 Å². The van der Waals surface area contributed by atoms with E-state index in [1.807, 2.05) is 0 Å². The van der Waals surface area contributed by atoms with Crippen molar-refractivity contribution < 1.29 is 10.0 Å². The number of non-ortho nitro benzene ring substituents is 1. The molecule has 1 aromatic carbocycles. The van der Waals surface area contributed by atoms with Crippen LogP contribution < -0.4 is 5.56 Å². The Morgan fingerprint density at radius 2 is 2.06 bits per heavy atom.